The van der Waals surface area contributed by atoms with Gasteiger partial charge in [-0.2, -0.15) is 0 Å². The number of amides is 2. The number of thiophene rings is 1. The minimum atomic E-state index is -0.522. The smallest absolute Gasteiger partial charge is 0.330 e. The molecule has 8 heteroatoms. The Hall–Kier alpha value is -1.31. The molecule has 1 aliphatic heterocycles. The van der Waals surface area contributed by atoms with Crippen molar-refractivity contribution in [2.45, 2.75) is 31.8 Å². The summed E-state index contributed by atoms with van der Waals surface area (Å²) in [6.45, 7) is 3.54. The van der Waals surface area contributed by atoms with Gasteiger partial charge in [0.2, 0.25) is 0 Å². The van der Waals surface area contributed by atoms with Crippen LogP contribution in [0.2, 0.25) is 10.0 Å². The zero-order valence-corrected chi connectivity index (χ0v) is 17.6. The second-order valence-corrected chi connectivity index (χ2v) is 8.56. The Balaban J connectivity index is 1.69. The summed E-state index contributed by atoms with van der Waals surface area (Å²) in [5.41, 5.74) is 1.58. The average Bonchev–Trinajstić information content (AvgIpc) is 3.18. The second kappa shape index (κ2) is 8.80. The number of nitrogens with one attached hydrogen (secondary N) is 1. The van der Waals surface area contributed by atoms with Gasteiger partial charge in [-0.15, -0.1) is 11.3 Å². The summed E-state index contributed by atoms with van der Waals surface area (Å²) >= 11 is 14.5. The number of rotatable bonds is 4. The van der Waals surface area contributed by atoms with E-state index in [0.717, 1.165) is 41.4 Å². The first-order valence-electron chi connectivity index (χ1n) is 8.87. The van der Waals surface area contributed by atoms with Crippen LogP contribution in [0.3, 0.4) is 0 Å². The fraction of sp³-hybridized carbons (Fsp3) is 0.421. The molecule has 0 aliphatic carbocycles. The SMILES string of the molecule is CC(NC(=O)N(O)C1CCN(C)CC1)c1ccc(-c2cccs2)c(Cl)c1Cl. The van der Waals surface area contributed by atoms with E-state index in [1.165, 1.54) is 0 Å². The number of halogens is 2. The molecule has 5 nitrogen and oxygen atoms in total. The predicted octanol–water partition coefficient (Wildman–Crippen LogP) is 5.28. The van der Waals surface area contributed by atoms with Crippen LogP contribution in [-0.4, -0.2) is 47.4 Å². The van der Waals surface area contributed by atoms with E-state index in [9.17, 15) is 10.0 Å². The van der Waals surface area contributed by atoms with Gasteiger partial charge in [0.1, 0.15) is 0 Å². The van der Waals surface area contributed by atoms with Crippen molar-refractivity contribution in [1.82, 2.24) is 15.3 Å². The van der Waals surface area contributed by atoms with Crippen LogP contribution >= 0.6 is 34.5 Å². The van der Waals surface area contributed by atoms with Gasteiger partial charge in [0.15, 0.2) is 0 Å². The Morgan fingerprint density at radius 2 is 2.00 bits per heavy atom. The van der Waals surface area contributed by atoms with E-state index in [2.05, 4.69) is 10.2 Å². The van der Waals surface area contributed by atoms with Crippen LogP contribution in [0.15, 0.2) is 29.6 Å². The third-order valence-electron chi connectivity index (χ3n) is 4.95. The summed E-state index contributed by atoms with van der Waals surface area (Å²) in [6.07, 6.45) is 1.49. The van der Waals surface area contributed by atoms with Crippen LogP contribution in [0.1, 0.15) is 31.4 Å². The van der Waals surface area contributed by atoms with Gasteiger partial charge >= 0.3 is 6.03 Å². The largest absolute Gasteiger partial charge is 0.341 e. The third-order valence-corrected chi connectivity index (χ3v) is 6.75. The summed E-state index contributed by atoms with van der Waals surface area (Å²) in [7, 11) is 2.03. The van der Waals surface area contributed by atoms with E-state index in [-0.39, 0.29) is 12.1 Å². The van der Waals surface area contributed by atoms with Crippen LogP contribution in [0.4, 0.5) is 4.79 Å². The normalized spacial score (nSPS) is 16.9. The molecule has 1 unspecified atom stereocenters. The Morgan fingerprint density at radius 3 is 2.63 bits per heavy atom. The van der Waals surface area contributed by atoms with E-state index in [1.54, 1.807) is 11.3 Å². The number of likely N-dealkylation sites (tertiary alicyclic amines) is 1. The molecule has 1 aromatic heterocycles. The monoisotopic (exact) mass is 427 g/mol. The maximum atomic E-state index is 12.4. The lowest BCUT2D eigenvalue weighted by molar-refractivity contribution is -0.0919. The summed E-state index contributed by atoms with van der Waals surface area (Å²) in [5, 5.41) is 16.8. The molecule has 1 aliphatic rings. The van der Waals surface area contributed by atoms with E-state index in [4.69, 9.17) is 23.2 Å². The second-order valence-electron chi connectivity index (χ2n) is 6.86. The summed E-state index contributed by atoms with van der Waals surface area (Å²) < 4.78 is 0. The van der Waals surface area contributed by atoms with Gasteiger partial charge in [0.05, 0.1) is 22.1 Å². The van der Waals surface area contributed by atoms with E-state index < -0.39 is 6.03 Å². The van der Waals surface area contributed by atoms with Crippen LogP contribution in [-0.2, 0) is 0 Å². The van der Waals surface area contributed by atoms with Crippen molar-refractivity contribution in [2.24, 2.45) is 0 Å². The summed E-state index contributed by atoms with van der Waals surface area (Å²) in [5.74, 6) is 0. The zero-order chi connectivity index (χ0) is 19.6. The van der Waals surface area contributed by atoms with Crippen LogP contribution < -0.4 is 5.32 Å². The lowest BCUT2D eigenvalue weighted by atomic mass is 10.0. The number of hydrogen-bond acceptors (Lipinski definition) is 4. The first kappa shape index (κ1) is 20.4. The molecule has 1 atom stereocenters. The maximum Gasteiger partial charge on any atom is 0.341 e. The molecule has 1 fully saturated rings. The van der Waals surface area contributed by atoms with Crippen molar-refractivity contribution in [3.05, 3.63) is 45.3 Å². The van der Waals surface area contributed by atoms with Gasteiger partial charge in [-0.3, -0.25) is 5.21 Å². The van der Waals surface area contributed by atoms with Gasteiger partial charge in [0, 0.05) is 10.4 Å². The molecule has 0 saturated carbocycles. The number of benzene rings is 1. The average molecular weight is 428 g/mol. The standard InChI is InChI=1S/C19H23Cl2N3O2S/c1-12(22-19(25)24(26)13-7-9-23(2)10-8-13)14-5-6-15(18(21)17(14)20)16-4-3-11-27-16/h3-6,11-13,26H,7-10H2,1-2H3,(H,22,25). The molecule has 146 valence electrons. The van der Waals surface area contributed by atoms with Crippen LogP contribution in [0.5, 0.6) is 0 Å². The number of piperidine rings is 1. The van der Waals surface area contributed by atoms with E-state index in [0.29, 0.717) is 15.6 Å². The van der Waals surface area contributed by atoms with Gasteiger partial charge in [0.25, 0.3) is 0 Å². The molecular weight excluding hydrogens is 405 g/mol. The fourth-order valence-corrected chi connectivity index (χ4v) is 4.67. The topological polar surface area (TPSA) is 55.8 Å². The Labute approximate surface area is 173 Å². The minimum absolute atomic E-state index is 0.173. The van der Waals surface area contributed by atoms with Gasteiger partial charge < -0.3 is 10.2 Å². The highest BCUT2D eigenvalue weighted by Crippen LogP contribution is 2.39. The Bertz CT molecular complexity index is 793. The molecular formula is C19H23Cl2N3O2S. The first-order valence-corrected chi connectivity index (χ1v) is 10.5. The van der Waals surface area contributed by atoms with Gasteiger partial charge in [-0.25, -0.2) is 9.86 Å². The van der Waals surface area contributed by atoms with Crippen LogP contribution in [0, 0.1) is 0 Å². The molecule has 0 bridgehead atoms. The Morgan fingerprint density at radius 1 is 1.30 bits per heavy atom. The molecule has 27 heavy (non-hydrogen) atoms. The minimum Gasteiger partial charge on any atom is -0.330 e. The summed E-state index contributed by atoms with van der Waals surface area (Å²) in [6, 6.07) is 6.64. The fourth-order valence-electron chi connectivity index (χ4n) is 3.26. The summed E-state index contributed by atoms with van der Waals surface area (Å²) in [4.78, 5) is 15.7. The molecule has 1 aromatic carbocycles. The number of hydrogen-bond donors (Lipinski definition) is 2. The number of urea groups is 1. The lowest BCUT2D eigenvalue weighted by Crippen LogP contribution is -2.48. The maximum absolute atomic E-state index is 12.4. The Kier molecular flexibility index (Phi) is 6.65. The van der Waals surface area contributed by atoms with Gasteiger partial charge in [-0.05, 0) is 56.9 Å². The molecule has 3 rings (SSSR count). The zero-order valence-electron chi connectivity index (χ0n) is 15.3. The van der Waals surface area contributed by atoms with Crippen LogP contribution in [0.25, 0.3) is 10.4 Å². The molecule has 0 radical (unpaired) electrons. The van der Waals surface area contributed by atoms with E-state index in [1.807, 2.05) is 43.6 Å². The number of nitrogens with zero attached hydrogens (tertiary/aromatic N) is 2. The van der Waals surface area contributed by atoms with Crippen molar-refractivity contribution < 1.29 is 10.0 Å². The molecule has 2 amide bonds. The molecule has 2 aromatic rings. The third kappa shape index (κ3) is 4.58. The molecule has 0 spiro atoms. The van der Waals surface area contributed by atoms with Crippen molar-refractivity contribution in [2.75, 3.05) is 20.1 Å². The van der Waals surface area contributed by atoms with Crippen molar-refractivity contribution in [3.8, 4) is 10.4 Å². The highest BCUT2D eigenvalue weighted by molar-refractivity contribution is 7.13. The number of carbonyl (C=O) groups excluding carboxylic acids is 1. The molecule has 2 heterocycles. The molecule has 1 saturated heterocycles. The highest BCUT2D eigenvalue weighted by atomic mass is 35.5. The van der Waals surface area contributed by atoms with Gasteiger partial charge in [-0.1, -0.05) is 41.4 Å². The number of carbonyl (C=O) groups is 1. The van der Waals surface area contributed by atoms with Crippen molar-refractivity contribution >= 4 is 40.6 Å². The van der Waals surface area contributed by atoms with Crippen molar-refractivity contribution in [1.29, 1.82) is 0 Å². The lowest BCUT2D eigenvalue weighted by Gasteiger charge is -2.34. The quantitative estimate of drug-likeness (QED) is 0.515. The molecule has 2 N–H and O–H groups in total. The highest BCUT2D eigenvalue weighted by Gasteiger charge is 2.27. The predicted molar refractivity (Wildman–Crippen MR) is 111 cm³/mol. The number of hydroxylamine groups is 2. The van der Waals surface area contributed by atoms with E-state index >= 15 is 0 Å². The first-order chi connectivity index (χ1) is 12.9. The van der Waals surface area contributed by atoms with Crippen molar-refractivity contribution in [3.63, 3.8) is 0 Å².